The number of hydrogen-bond donors (Lipinski definition) is 1. The number of carbonyl (C=O) groups excluding carboxylic acids is 1. The highest BCUT2D eigenvalue weighted by molar-refractivity contribution is 6.04. The van der Waals surface area contributed by atoms with Gasteiger partial charge in [0.2, 0.25) is 0 Å². The summed E-state index contributed by atoms with van der Waals surface area (Å²) < 4.78 is 3.36. The van der Waals surface area contributed by atoms with Gasteiger partial charge in [-0.05, 0) is 52.7 Å². The Morgan fingerprint density at radius 3 is 2.42 bits per heavy atom. The van der Waals surface area contributed by atoms with Crippen molar-refractivity contribution in [2.45, 2.75) is 13.5 Å². The van der Waals surface area contributed by atoms with Crippen LogP contribution in [0.4, 0.5) is 5.82 Å². The third kappa shape index (κ3) is 4.40. The molecule has 8 heteroatoms. The molecule has 33 heavy (non-hydrogen) atoms. The molecule has 0 radical (unpaired) electrons. The standard InChI is InChI=1S/C25H21N7O/c1-18-7-5-6-10-22(18)23-15-24(31(28-23)16-19-8-3-2-4-9-19)27-25(33)20-11-13-21(14-12-20)32-17-26-29-30-32/h2-15,17H,16H2,1H3,(H,27,33). The molecule has 0 aliphatic rings. The highest BCUT2D eigenvalue weighted by atomic mass is 16.1. The van der Waals surface area contributed by atoms with E-state index in [9.17, 15) is 4.79 Å². The molecular weight excluding hydrogens is 414 g/mol. The van der Waals surface area contributed by atoms with Crippen molar-refractivity contribution in [3.8, 4) is 16.9 Å². The molecule has 162 valence electrons. The quantitative estimate of drug-likeness (QED) is 0.433. The second-order valence-electron chi connectivity index (χ2n) is 7.63. The number of anilines is 1. The molecule has 0 atom stereocenters. The summed E-state index contributed by atoms with van der Waals surface area (Å²) in [6.07, 6.45) is 1.50. The second kappa shape index (κ2) is 8.88. The summed E-state index contributed by atoms with van der Waals surface area (Å²) >= 11 is 0. The largest absolute Gasteiger partial charge is 0.307 e. The minimum atomic E-state index is -0.219. The number of aromatic nitrogens is 6. The van der Waals surface area contributed by atoms with Crippen LogP contribution in [0.15, 0.2) is 91.3 Å². The van der Waals surface area contributed by atoms with E-state index in [0.717, 1.165) is 28.1 Å². The number of carbonyl (C=O) groups is 1. The molecule has 5 aromatic rings. The number of benzene rings is 3. The zero-order valence-corrected chi connectivity index (χ0v) is 18.0. The van der Waals surface area contributed by atoms with Crippen LogP contribution in [-0.2, 0) is 6.54 Å². The van der Waals surface area contributed by atoms with Crippen molar-refractivity contribution in [2.24, 2.45) is 0 Å². The van der Waals surface area contributed by atoms with Crippen molar-refractivity contribution in [3.05, 3.63) is 108 Å². The Balaban J connectivity index is 1.44. The molecule has 0 aliphatic carbocycles. The summed E-state index contributed by atoms with van der Waals surface area (Å²) in [6.45, 7) is 2.59. The van der Waals surface area contributed by atoms with E-state index in [1.54, 1.807) is 24.3 Å². The first kappa shape index (κ1) is 20.3. The average molecular weight is 435 g/mol. The van der Waals surface area contributed by atoms with Crippen LogP contribution in [-0.4, -0.2) is 35.9 Å². The van der Waals surface area contributed by atoms with Crippen molar-refractivity contribution >= 4 is 11.7 Å². The van der Waals surface area contributed by atoms with E-state index in [-0.39, 0.29) is 5.91 Å². The fourth-order valence-electron chi connectivity index (χ4n) is 3.62. The van der Waals surface area contributed by atoms with Crippen molar-refractivity contribution in [3.63, 3.8) is 0 Å². The van der Waals surface area contributed by atoms with Crippen LogP contribution in [0.2, 0.25) is 0 Å². The molecule has 0 bridgehead atoms. The first-order valence-electron chi connectivity index (χ1n) is 10.5. The van der Waals surface area contributed by atoms with Gasteiger partial charge in [-0.2, -0.15) is 5.10 Å². The van der Waals surface area contributed by atoms with Gasteiger partial charge in [0.05, 0.1) is 17.9 Å². The van der Waals surface area contributed by atoms with Gasteiger partial charge in [0, 0.05) is 17.2 Å². The number of amides is 1. The van der Waals surface area contributed by atoms with Gasteiger partial charge in [-0.25, -0.2) is 9.36 Å². The van der Waals surface area contributed by atoms with Gasteiger partial charge < -0.3 is 5.32 Å². The van der Waals surface area contributed by atoms with Gasteiger partial charge in [0.15, 0.2) is 0 Å². The maximum absolute atomic E-state index is 13.0. The minimum absolute atomic E-state index is 0.219. The molecule has 8 nitrogen and oxygen atoms in total. The highest BCUT2D eigenvalue weighted by Crippen LogP contribution is 2.26. The van der Waals surface area contributed by atoms with E-state index in [1.165, 1.54) is 11.0 Å². The lowest BCUT2D eigenvalue weighted by Gasteiger charge is -2.09. The molecule has 3 aromatic carbocycles. The Hall–Kier alpha value is -4.59. The van der Waals surface area contributed by atoms with Gasteiger partial charge in [-0.1, -0.05) is 54.6 Å². The number of nitrogens with one attached hydrogen (secondary N) is 1. The predicted octanol–water partition coefficient (Wildman–Crippen LogP) is 4.13. The van der Waals surface area contributed by atoms with Crippen LogP contribution in [0.1, 0.15) is 21.5 Å². The fraction of sp³-hybridized carbons (Fsp3) is 0.0800. The normalized spacial score (nSPS) is 10.8. The van der Waals surface area contributed by atoms with Gasteiger partial charge in [-0.3, -0.25) is 4.79 Å². The van der Waals surface area contributed by atoms with E-state index >= 15 is 0 Å². The SMILES string of the molecule is Cc1ccccc1-c1cc(NC(=O)c2ccc(-n3cnnn3)cc2)n(Cc2ccccc2)n1. The number of rotatable bonds is 6. The monoisotopic (exact) mass is 435 g/mol. The molecule has 1 amide bonds. The maximum atomic E-state index is 13.0. The summed E-state index contributed by atoms with van der Waals surface area (Å²) in [7, 11) is 0. The van der Waals surface area contributed by atoms with E-state index in [1.807, 2.05) is 59.3 Å². The summed E-state index contributed by atoms with van der Waals surface area (Å²) in [5.74, 6) is 0.412. The molecule has 1 N–H and O–H groups in total. The number of hydrogen-bond acceptors (Lipinski definition) is 5. The molecule has 0 unspecified atom stereocenters. The molecule has 5 rings (SSSR count). The number of nitrogens with zero attached hydrogens (tertiary/aromatic N) is 6. The Labute approximate surface area is 190 Å². The summed E-state index contributed by atoms with van der Waals surface area (Å²) in [6, 6.07) is 27.1. The Bertz CT molecular complexity index is 1370. The molecule has 0 saturated heterocycles. The lowest BCUT2D eigenvalue weighted by Crippen LogP contribution is -2.16. The molecule has 2 heterocycles. The lowest BCUT2D eigenvalue weighted by atomic mass is 10.1. The van der Waals surface area contributed by atoms with Gasteiger partial charge in [-0.15, -0.1) is 5.10 Å². The first-order valence-corrected chi connectivity index (χ1v) is 10.5. The molecular formula is C25H21N7O. The van der Waals surface area contributed by atoms with Crippen molar-refractivity contribution in [2.75, 3.05) is 5.32 Å². The van der Waals surface area contributed by atoms with Crippen LogP contribution < -0.4 is 5.32 Å². The minimum Gasteiger partial charge on any atom is -0.307 e. The zero-order chi connectivity index (χ0) is 22.6. The Morgan fingerprint density at radius 1 is 0.939 bits per heavy atom. The fourth-order valence-corrected chi connectivity index (χ4v) is 3.62. The van der Waals surface area contributed by atoms with E-state index in [0.29, 0.717) is 17.9 Å². The summed E-state index contributed by atoms with van der Waals surface area (Å²) in [5.41, 5.74) is 5.36. The molecule has 0 spiro atoms. The topological polar surface area (TPSA) is 90.5 Å². The highest BCUT2D eigenvalue weighted by Gasteiger charge is 2.15. The first-order chi connectivity index (χ1) is 16.2. The van der Waals surface area contributed by atoms with E-state index in [2.05, 4.69) is 33.8 Å². The average Bonchev–Trinajstić information content (AvgIpc) is 3.51. The molecule has 0 aliphatic heterocycles. The number of aryl methyl sites for hydroxylation is 1. The van der Waals surface area contributed by atoms with E-state index in [4.69, 9.17) is 5.10 Å². The van der Waals surface area contributed by atoms with Gasteiger partial charge in [0.25, 0.3) is 5.91 Å². The third-order valence-corrected chi connectivity index (χ3v) is 5.36. The third-order valence-electron chi connectivity index (χ3n) is 5.36. The van der Waals surface area contributed by atoms with Crippen molar-refractivity contribution < 1.29 is 4.79 Å². The van der Waals surface area contributed by atoms with Crippen molar-refractivity contribution in [1.82, 2.24) is 30.0 Å². The predicted molar refractivity (Wildman–Crippen MR) is 125 cm³/mol. The summed E-state index contributed by atoms with van der Waals surface area (Å²) in [5, 5.41) is 19.0. The van der Waals surface area contributed by atoms with Gasteiger partial charge in [0.1, 0.15) is 12.1 Å². The van der Waals surface area contributed by atoms with Crippen LogP contribution >= 0.6 is 0 Å². The zero-order valence-electron chi connectivity index (χ0n) is 18.0. The van der Waals surface area contributed by atoms with Gasteiger partial charge >= 0.3 is 0 Å². The Morgan fingerprint density at radius 2 is 1.70 bits per heavy atom. The molecule has 0 fully saturated rings. The van der Waals surface area contributed by atoms with Crippen LogP contribution in [0.25, 0.3) is 16.9 Å². The number of tetrazole rings is 1. The lowest BCUT2D eigenvalue weighted by molar-refractivity contribution is 0.102. The molecule has 0 saturated carbocycles. The van der Waals surface area contributed by atoms with Crippen LogP contribution in [0.5, 0.6) is 0 Å². The van der Waals surface area contributed by atoms with Crippen LogP contribution in [0.3, 0.4) is 0 Å². The van der Waals surface area contributed by atoms with E-state index < -0.39 is 0 Å². The maximum Gasteiger partial charge on any atom is 0.256 e. The smallest absolute Gasteiger partial charge is 0.256 e. The van der Waals surface area contributed by atoms with Crippen molar-refractivity contribution in [1.29, 1.82) is 0 Å². The van der Waals surface area contributed by atoms with Crippen LogP contribution in [0, 0.1) is 6.92 Å². The second-order valence-corrected chi connectivity index (χ2v) is 7.63. The Kier molecular flexibility index (Phi) is 5.47. The molecule has 2 aromatic heterocycles. The summed E-state index contributed by atoms with van der Waals surface area (Å²) in [4.78, 5) is 13.0.